The molecule has 0 bridgehead atoms. The molecule has 2 nitrogen and oxygen atoms in total. The van der Waals surface area contributed by atoms with E-state index >= 15 is 0 Å². The van der Waals surface area contributed by atoms with Gasteiger partial charge in [-0.2, -0.15) is 5.06 Å². The lowest BCUT2D eigenvalue weighted by molar-refractivity contribution is -0.130. The van der Waals surface area contributed by atoms with Gasteiger partial charge in [0.25, 0.3) is 0 Å². The first-order chi connectivity index (χ1) is 8.56. The van der Waals surface area contributed by atoms with Crippen LogP contribution >= 0.6 is 22.9 Å². The maximum atomic E-state index is 6.28. The molecule has 0 spiro atoms. The van der Waals surface area contributed by atoms with Gasteiger partial charge < -0.3 is 0 Å². The molecule has 0 saturated carbocycles. The number of thiophene rings is 1. The third kappa shape index (κ3) is 3.33. The van der Waals surface area contributed by atoms with E-state index in [0.29, 0.717) is 6.61 Å². The minimum atomic E-state index is 0.496. The van der Waals surface area contributed by atoms with Crippen molar-refractivity contribution < 1.29 is 4.84 Å². The highest BCUT2D eigenvalue weighted by Crippen LogP contribution is 2.31. The molecule has 0 aliphatic carbocycles. The number of rotatable bonds is 4. The van der Waals surface area contributed by atoms with Crippen molar-refractivity contribution >= 4 is 22.9 Å². The third-order valence-electron chi connectivity index (χ3n) is 2.56. The van der Waals surface area contributed by atoms with Crippen LogP contribution in [0, 0.1) is 6.92 Å². The first kappa shape index (κ1) is 13.6. The summed E-state index contributed by atoms with van der Waals surface area (Å²) in [6.45, 7) is 2.60. The minimum absolute atomic E-state index is 0.496. The van der Waals surface area contributed by atoms with Crippen LogP contribution < -0.4 is 0 Å². The van der Waals surface area contributed by atoms with E-state index in [1.807, 2.05) is 26.2 Å². The van der Waals surface area contributed by atoms with E-state index in [1.54, 1.807) is 16.4 Å². The largest absolute Gasteiger partial charge is 0.295 e. The van der Waals surface area contributed by atoms with Gasteiger partial charge in [0, 0.05) is 28.9 Å². The molecule has 2 aromatic rings. The average Bonchev–Trinajstić information content (AvgIpc) is 2.74. The van der Waals surface area contributed by atoms with Crippen molar-refractivity contribution in [1.82, 2.24) is 5.06 Å². The molecule has 0 radical (unpaired) electrons. The van der Waals surface area contributed by atoms with Gasteiger partial charge in [-0.15, -0.1) is 11.3 Å². The topological polar surface area (TPSA) is 12.5 Å². The molecule has 0 N–H and O–H groups in total. The van der Waals surface area contributed by atoms with E-state index in [2.05, 4.69) is 25.1 Å². The van der Waals surface area contributed by atoms with E-state index < -0.39 is 0 Å². The van der Waals surface area contributed by atoms with Crippen LogP contribution in [-0.4, -0.2) is 19.2 Å². The molecule has 1 heterocycles. The second kappa shape index (κ2) is 5.85. The smallest absolute Gasteiger partial charge is 0.0950 e. The Kier molecular flexibility index (Phi) is 4.40. The molecular formula is C14H16ClNOS. The molecule has 4 heteroatoms. The molecule has 0 aliphatic heterocycles. The van der Waals surface area contributed by atoms with Gasteiger partial charge in [-0.1, -0.05) is 23.7 Å². The van der Waals surface area contributed by atoms with Crippen LogP contribution in [0.25, 0.3) is 10.4 Å². The minimum Gasteiger partial charge on any atom is -0.295 e. The number of nitrogens with zero attached hydrogens (tertiary/aromatic N) is 1. The molecule has 0 amide bonds. The second-order valence-electron chi connectivity index (χ2n) is 4.30. The molecule has 0 aliphatic rings. The monoisotopic (exact) mass is 281 g/mol. The van der Waals surface area contributed by atoms with Gasteiger partial charge in [0.05, 0.1) is 6.61 Å². The lowest BCUT2D eigenvalue weighted by Crippen LogP contribution is -2.12. The van der Waals surface area contributed by atoms with Gasteiger partial charge in [-0.25, -0.2) is 0 Å². The third-order valence-corrected chi connectivity index (χ3v) is 3.96. The molecule has 0 saturated heterocycles. The molecule has 0 atom stereocenters. The lowest BCUT2D eigenvalue weighted by atomic mass is 10.1. The molecule has 1 aromatic carbocycles. The van der Waals surface area contributed by atoms with Gasteiger partial charge in [-0.05, 0) is 36.2 Å². The second-order valence-corrected chi connectivity index (χ2v) is 6.00. The fourth-order valence-corrected chi connectivity index (χ4v) is 2.70. The summed E-state index contributed by atoms with van der Waals surface area (Å²) in [5.41, 5.74) is 2.16. The standard InChI is InChI=1S/C14H16ClNOS/c1-10-4-7-14(18-10)11-5-6-12(13(15)8-11)9-17-16(2)3/h4-8H,9H2,1-3H3. The van der Waals surface area contributed by atoms with Gasteiger partial charge >= 0.3 is 0 Å². The average molecular weight is 282 g/mol. The van der Waals surface area contributed by atoms with Gasteiger partial charge in [0.1, 0.15) is 0 Å². The normalized spacial score (nSPS) is 11.2. The van der Waals surface area contributed by atoms with Crippen molar-refractivity contribution in [1.29, 1.82) is 0 Å². The summed E-state index contributed by atoms with van der Waals surface area (Å²) in [4.78, 5) is 7.96. The van der Waals surface area contributed by atoms with Crippen LogP contribution in [0.5, 0.6) is 0 Å². The molecule has 2 rings (SSSR count). The van der Waals surface area contributed by atoms with Crippen LogP contribution in [0.3, 0.4) is 0 Å². The summed E-state index contributed by atoms with van der Waals surface area (Å²) in [5, 5.41) is 2.42. The van der Waals surface area contributed by atoms with Crippen molar-refractivity contribution in [2.24, 2.45) is 0 Å². The first-order valence-electron chi connectivity index (χ1n) is 5.72. The summed E-state index contributed by atoms with van der Waals surface area (Å²) in [6, 6.07) is 10.4. The predicted molar refractivity (Wildman–Crippen MR) is 78.0 cm³/mol. The van der Waals surface area contributed by atoms with E-state index in [1.165, 1.54) is 9.75 Å². The molecule has 0 fully saturated rings. The highest BCUT2D eigenvalue weighted by molar-refractivity contribution is 7.15. The molecule has 1 aromatic heterocycles. The summed E-state index contributed by atoms with van der Waals surface area (Å²) < 4.78 is 0. The van der Waals surface area contributed by atoms with E-state index in [9.17, 15) is 0 Å². The highest BCUT2D eigenvalue weighted by atomic mass is 35.5. The van der Waals surface area contributed by atoms with Crippen LogP contribution in [0.2, 0.25) is 5.02 Å². The van der Waals surface area contributed by atoms with Gasteiger partial charge in [-0.3, -0.25) is 4.84 Å². The number of hydrogen-bond acceptors (Lipinski definition) is 3. The maximum Gasteiger partial charge on any atom is 0.0950 e. The SMILES string of the molecule is Cc1ccc(-c2ccc(CON(C)C)c(Cl)c2)s1. The molecular weight excluding hydrogens is 266 g/mol. The summed E-state index contributed by atoms with van der Waals surface area (Å²) in [6.07, 6.45) is 0. The Labute approximate surface area is 117 Å². The van der Waals surface area contributed by atoms with Crippen molar-refractivity contribution in [3.05, 3.63) is 45.8 Å². The van der Waals surface area contributed by atoms with Crippen LogP contribution in [0.15, 0.2) is 30.3 Å². The van der Waals surface area contributed by atoms with Crippen molar-refractivity contribution in [2.45, 2.75) is 13.5 Å². The predicted octanol–water partition coefficient (Wildman–Crippen LogP) is 4.37. The Morgan fingerprint density at radius 2 is 2.00 bits per heavy atom. The van der Waals surface area contributed by atoms with Crippen LogP contribution in [-0.2, 0) is 11.4 Å². The Hall–Kier alpha value is -0.870. The number of aryl methyl sites for hydroxylation is 1. The van der Waals surface area contributed by atoms with Crippen LogP contribution in [0.4, 0.5) is 0 Å². The first-order valence-corrected chi connectivity index (χ1v) is 6.91. The molecule has 18 heavy (non-hydrogen) atoms. The summed E-state index contributed by atoms with van der Waals surface area (Å²) >= 11 is 8.05. The van der Waals surface area contributed by atoms with Crippen molar-refractivity contribution in [2.75, 3.05) is 14.1 Å². The van der Waals surface area contributed by atoms with E-state index in [4.69, 9.17) is 16.4 Å². The number of hydrogen-bond donors (Lipinski definition) is 0. The molecule has 96 valence electrons. The highest BCUT2D eigenvalue weighted by Gasteiger charge is 2.06. The van der Waals surface area contributed by atoms with Crippen LogP contribution in [0.1, 0.15) is 10.4 Å². The Morgan fingerprint density at radius 1 is 1.22 bits per heavy atom. The number of hydroxylamine groups is 2. The van der Waals surface area contributed by atoms with Crippen molar-refractivity contribution in [3.8, 4) is 10.4 Å². The summed E-state index contributed by atoms with van der Waals surface area (Å²) in [5.74, 6) is 0. The lowest BCUT2D eigenvalue weighted by Gasteiger charge is -2.11. The van der Waals surface area contributed by atoms with Gasteiger partial charge in [0.15, 0.2) is 0 Å². The Bertz CT molecular complexity index is 536. The van der Waals surface area contributed by atoms with Gasteiger partial charge in [0.2, 0.25) is 0 Å². The zero-order valence-corrected chi connectivity index (χ0v) is 12.3. The zero-order valence-electron chi connectivity index (χ0n) is 10.7. The summed E-state index contributed by atoms with van der Waals surface area (Å²) in [7, 11) is 3.72. The Morgan fingerprint density at radius 3 is 2.56 bits per heavy atom. The van der Waals surface area contributed by atoms with Crippen molar-refractivity contribution in [3.63, 3.8) is 0 Å². The number of benzene rings is 1. The fraction of sp³-hybridized carbons (Fsp3) is 0.286. The maximum absolute atomic E-state index is 6.28. The number of halogens is 1. The Balaban J connectivity index is 2.19. The van der Waals surface area contributed by atoms with E-state index in [0.717, 1.165) is 16.1 Å². The van der Waals surface area contributed by atoms with E-state index in [-0.39, 0.29) is 0 Å². The zero-order chi connectivity index (χ0) is 13.1. The fourth-order valence-electron chi connectivity index (χ4n) is 1.61. The quantitative estimate of drug-likeness (QED) is 0.772. The molecule has 0 unspecified atom stereocenters.